The molecule has 0 unspecified atom stereocenters. The lowest BCUT2D eigenvalue weighted by Crippen LogP contribution is -2.10. The van der Waals surface area contributed by atoms with Crippen molar-refractivity contribution in [2.24, 2.45) is 0 Å². The van der Waals surface area contributed by atoms with Gasteiger partial charge >= 0.3 is 0 Å². The molecule has 120 valence electrons. The highest BCUT2D eigenvalue weighted by Gasteiger charge is 2.13. The predicted octanol–water partition coefficient (Wildman–Crippen LogP) is 4.21. The van der Waals surface area contributed by atoms with Crippen molar-refractivity contribution in [3.8, 4) is 11.3 Å². The van der Waals surface area contributed by atoms with Crippen LogP contribution in [-0.2, 0) is 6.61 Å². The first kappa shape index (κ1) is 14.9. The molecule has 6 heteroatoms. The number of aliphatic hydroxyl groups is 1. The Balaban J connectivity index is 1.84. The van der Waals surface area contributed by atoms with Gasteiger partial charge in [0.2, 0.25) is 0 Å². The van der Waals surface area contributed by atoms with Gasteiger partial charge in [-0.2, -0.15) is 0 Å². The topological polar surface area (TPSA) is 62.4 Å². The molecule has 3 aromatic heterocycles. The van der Waals surface area contributed by atoms with Crippen molar-refractivity contribution < 1.29 is 9.52 Å². The smallest absolute Gasteiger partial charge is 0.144 e. The van der Waals surface area contributed by atoms with E-state index in [0.29, 0.717) is 5.76 Å². The molecule has 0 saturated carbocycles. The molecule has 0 aliphatic carbocycles. The van der Waals surface area contributed by atoms with Crippen LogP contribution in [0.15, 0.2) is 58.6 Å². The molecule has 1 aromatic carbocycles. The molecular weight excluding hydrogens is 322 g/mol. The average Bonchev–Trinajstić information content (AvgIpc) is 3.31. The number of thiophene rings is 1. The average molecular weight is 337 g/mol. The summed E-state index contributed by atoms with van der Waals surface area (Å²) in [4.78, 5) is 10.9. The zero-order valence-electron chi connectivity index (χ0n) is 13.0. The van der Waals surface area contributed by atoms with Crippen LogP contribution in [-0.4, -0.2) is 22.1 Å². The van der Waals surface area contributed by atoms with E-state index in [2.05, 4.69) is 20.9 Å². The number of aliphatic hydroxyl groups excluding tert-OH is 1. The van der Waals surface area contributed by atoms with Gasteiger partial charge in [-0.15, -0.1) is 11.3 Å². The third kappa shape index (κ3) is 2.55. The second kappa shape index (κ2) is 6.07. The number of rotatable bonds is 4. The monoisotopic (exact) mass is 337 g/mol. The van der Waals surface area contributed by atoms with Crippen molar-refractivity contribution in [2.75, 3.05) is 11.9 Å². The van der Waals surface area contributed by atoms with Crippen molar-refractivity contribution in [2.45, 2.75) is 6.61 Å². The van der Waals surface area contributed by atoms with Gasteiger partial charge in [-0.1, -0.05) is 0 Å². The molecule has 5 nitrogen and oxygen atoms in total. The van der Waals surface area contributed by atoms with Gasteiger partial charge in [0, 0.05) is 18.0 Å². The minimum absolute atomic E-state index is 0.108. The fourth-order valence-electron chi connectivity index (χ4n) is 2.65. The Hall–Kier alpha value is -2.70. The molecule has 0 saturated heterocycles. The van der Waals surface area contributed by atoms with Crippen LogP contribution < -0.4 is 4.90 Å². The molecule has 1 N–H and O–H groups in total. The summed E-state index contributed by atoms with van der Waals surface area (Å²) < 4.78 is 5.64. The maximum atomic E-state index is 9.17. The van der Waals surface area contributed by atoms with Crippen LogP contribution in [0.25, 0.3) is 22.2 Å². The number of fused-ring (bicyclic) bond motifs is 1. The van der Waals surface area contributed by atoms with Crippen LogP contribution in [0.1, 0.15) is 5.76 Å². The molecule has 4 aromatic rings. The Morgan fingerprint density at radius 1 is 1.17 bits per heavy atom. The summed E-state index contributed by atoms with van der Waals surface area (Å²) in [7, 11) is 2.00. The van der Waals surface area contributed by atoms with Gasteiger partial charge in [-0.05, 0) is 47.8 Å². The summed E-state index contributed by atoms with van der Waals surface area (Å²) in [5.74, 6) is 2.11. The van der Waals surface area contributed by atoms with E-state index in [9.17, 15) is 5.11 Å². The standard InChI is InChI=1S/C18H15N3O2S/c1-21(17-3-2-8-24-17)18-14-9-12(4-6-15(14)19-11-20-18)16-7-5-13(10-22)23-16/h2-9,11,22H,10H2,1H3. The lowest BCUT2D eigenvalue weighted by Gasteiger charge is -2.17. The third-order valence-corrected chi connectivity index (χ3v) is 4.82. The van der Waals surface area contributed by atoms with Crippen LogP contribution >= 0.6 is 11.3 Å². The first-order chi connectivity index (χ1) is 11.8. The van der Waals surface area contributed by atoms with Crippen molar-refractivity contribution in [1.82, 2.24) is 9.97 Å². The molecule has 24 heavy (non-hydrogen) atoms. The maximum Gasteiger partial charge on any atom is 0.144 e. The van der Waals surface area contributed by atoms with E-state index in [1.807, 2.05) is 42.8 Å². The summed E-state index contributed by atoms with van der Waals surface area (Å²) in [6.07, 6.45) is 1.58. The quantitative estimate of drug-likeness (QED) is 0.604. The van der Waals surface area contributed by atoms with Crippen LogP contribution in [0.5, 0.6) is 0 Å². The van der Waals surface area contributed by atoms with E-state index in [0.717, 1.165) is 33.0 Å². The number of hydrogen-bond donors (Lipinski definition) is 1. The molecule has 0 bridgehead atoms. The molecular formula is C18H15N3O2S. The van der Waals surface area contributed by atoms with Gasteiger partial charge in [0.15, 0.2) is 0 Å². The number of nitrogens with zero attached hydrogens (tertiary/aromatic N) is 3. The van der Waals surface area contributed by atoms with Crippen molar-refractivity contribution in [3.63, 3.8) is 0 Å². The molecule has 0 radical (unpaired) electrons. The Morgan fingerprint density at radius 3 is 2.83 bits per heavy atom. The first-order valence-corrected chi connectivity index (χ1v) is 8.36. The van der Waals surface area contributed by atoms with Gasteiger partial charge in [-0.25, -0.2) is 9.97 Å². The lowest BCUT2D eigenvalue weighted by atomic mass is 10.1. The Kier molecular flexibility index (Phi) is 3.76. The second-order valence-electron chi connectivity index (χ2n) is 5.36. The van der Waals surface area contributed by atoms with Crippen molar-refractivity contribution in [3.05, 3.63) is 59.9 Å². The molecule has 3 heterocycles. The summed E-state index contributed by atoms with van der Waals surface area (Å²) in [5.41, 5.74) is 1.80. The second-order valence-corrected chi connectivity index (χ2v) is 6.29. The molecule has 0 aliphatic rings. The SMILES string of the molecule is CN(c1cccs1)c1ncnc2ccc(-c3ccc(CO)o3)cc12. The zero-order chi connectivity index (χ0) is 16.5. The van der Waals surface area contributed by atoms with E-state index in [1.165, 1.54) is 0 Å². The van der Waals surface area contributed by atoms with E-state index in [4.69, 9.17) is 4.42 Å². The highest BCUT2D eigenvalue weighted by Crippen LogP contribution is 2.33. The largest absolute Gasteiger partial charge is 0.459 e. The molecule has 0 amide bonds. The number of hydrogen-bond acceptors (Lipinski definition) is 6. The number of furan rings is 1. The van der Waals surface area contributed by atoms with E-state index in [1.54, 1.807) is 23.7 Å². The van der Waals surface area contributed by atoms with Gasteiger partial charge in [-0.3, -0.25) is 0 Å². The van der Waals surface area contributed by atoms with E-state index >= 15 is 0 Å². The number of anilines is 2. The molecule has 4 rings (SSSR count). The highest BCUT2D eigenvalue weighted by atomic mass is 32.1. The van der Waals surface area contributed by atoms with Gasteiger partial charge in [0.05, 0.1) is 10.5 Å². The zero-order valence-corrected chi connectivity index (χ0v) is 13.8. The van der Waals surface area contributed by atoms with E-state index in [-0.39, 0.29) is 6.61 Å². The Bertz CT molecular complexity index is 979. The summed E-state index contributed by atoms with van der Waals surface area (Å²) in [6, 6.07) is 13.7. The van der Waals surface area contributed by atoms with E-state index < -0.39 is 0 Å². The van der Waals surface area contributed by atoms with Gasteiger partial charge in [0.1, 0.15) is 30.3 Å². The lowest BCUT2D eigenvalue weighted by molar-refractivity contribution is 0.248. The normalized spacial score (nSPS) is 11.1. The molecule has 0 spiro atoms. The van der Waals surface area contributed by atoms with Crippen molar-refractivity contribution in [1.29, 1.82) is 0 Å². The first-order valence-electron chi connectivity index (χ1n) is 7.48. The predicted molar refractivity (Wildman–Crippen MR) is 95.5 cm³/mol. The van der Waals surface area contributed by atoms with Crippen LogP contribution in [0.2, 0.25) is 0 Å². The van der Waals surface area contributed by atoms with Crippen molar-refractivity contribution >= 4 is 33.1 Å². The minimum Gasteiger partial charge on any atom is -0.459 e. The fourth-order valence-corrected chi connectivity index (χ4v) is 3.34. The molecule has 0 aliphatic heterocycles. The van der Waals surface area contributed by atoms with Crippen LogP contribution in [0, 0.1) is 0 Å². The minimum atomic E-state index is -0.108. The Labute approximate surface area is 142 Å². The third-order valence-electron chi connectivity index (χ3n) is 3.87. The summed E-state index contributed by atoms with van der Waals surface area (Å²) >= 11 is 1.66. The fraction of sp³-hybridized carbons (Fsp3) is 0.111. The molecule has 0 fully saturated rings. The Morgan fingerprint density at radius 2 is 2.08 bits per heavy atom. The maximum absolute atomic E-state index is 9.17. The van der Waals surface area contributed by atoms with Crippen LogP contribution in [0.4, 0.5) is 10.8 Å². The van der Waals surface area contributed by atoms with Gasteiger partial charge < -0.3 is 14.4 Å². The van der Waals surface area contributed by atoms with Gasteiger partial charge in [0.25, 0.3) is 0 Å². The number of benzene rings is 1. The summed E-state index contributed by atoms with van der Waals surface area (Å²) in [6.45, 7) is -0.108. The van der Waals surface area contributed by atoms with Crippen LogP contribution in [0.3, 0.4) is 0 Å². The highest BCUT2D eigenvalue weighted by molar-refractivity contribution is 7.14. The molecule has 0 atom stereocenters. The summed E-state index contributed by atoms with van der Waals surface area (Å²) in [5, 5.41) is 13.3. The number of aromatic nitrogens is 2.